The Bertz CT molecular complexity index is 3520. The van der Waals surface area contributed by atoms with Gasteiger partial charge in [-0.3, -0.25) is 15.5 Å². The molecule has 0 spiro atoms. The van der Waals surface area contributed by atoms with E-state index in [-0.39, 0.29) is 71.4 Å². The molecule has 9 saturated heterocycles. The van der Waals surface area contributed by atoms with Crippen LogP contribution in [0.3, 0.4) is 0 Å². The number of amides is 2. The molecule has 0 radical (unpaired) electrons. The Hall–Kier alpha value is -1.67. The molecule has 2 amide bonds. The zero-order valence-corrected chi connectivity index (χ0v) is 102. The highest BCUT2D eigenvalue weighted by Gasteiger charge is 2.61. The molecule has 0 aromatic rings. The van der Waals surface area contributed by atoms with Crippen LogP contribution in [-0.4, -0.2) is 136 Å². The lowest BCUT2D eigenvalue weighted by atomic mass is 9.50. The summed E-state index contributed by atoms with van der Waals surface area (Å²) in [5.74, 6) is 23.6. The van der Waals surface area contributed by atoms with Gasteiger partial charge in [-0.05, 0) is 236 Å². The maximum Gasteiger partial charge on any atom is 0.299 e. The first-order valence-electron chi connectivity index (χ1n) is 52.0. The molecule has 9 aliphatic heterocycles. The van der Waals surface area contributed by atoms with Crippen LogP contribution in [0, 0.1) is 183 Å². The summed E-state index contributed by atoms with van der Waals surface area (Å²) in [6.07, 6.45) is 14.1. The zero-order valence-electron chi connectivity index (χ0n) is 98.6. The molecule has 133 heavy (non-hydrogen) atoms. The maximum atomic E-state index is 12.2. The van der Waals surface area contributed by atoms with Crippen LogP contribution in [-0.2, 0) is 38.4 Å². The predicted molar refractivity (Wildman–Crippen MR) is 590 cm³/mol. The Labute approximate surface area is 843 Å². The number of ether oxygens (including phenoxy) is 4. The fourth-order valence-corrected chi connectivity index (χ4v) is 35.5. The van der Waals surface area contributed by atoms with E-state index in [4.69, 9.17) is 18.9 Å². The van der Waals surface area contributed by atoms with Gasteiger partial charge >= 0.3 is 0 Å². The number of carbonyl (C=O) groups is 2. The second-order valence-electron chi connectivity index (χ2n) is 60.3. The van der Waals surface area contributed by atoms with Crippen molar-refractivity contribution in [2.24, 2.45) is 141 Å². The number of sulfone groups is 1. The van der Waals surface area contributed by atoms with E-state index in [9.17, 15) is 18.0 Å². The molecule has 14 heteroatoms. The van der Waals surface area contributed by atoms with Crippen LogP contribution in [0.5, 0.6) is 0 Å². The van der Waals surface area contributed by atoms with Gasteiger partial charge in [-0.25, -0.2) is 14.3 Å². The largest absolute Gasteiger partial charge is 0.381 e. The number of nitrogens with one attached hydrogen (secondary N) is 1. The van der Waals surface area contributed by atoms with Gasteiger partial charge in [0.25, 0.3) is 5.91 Å². The van der Waals surface area contributed by atoms with Crippen molar-refractivity contribution in [3.63, 3.8) is 0 Å². The summed E-state index contributed by atoms with van der Waals surface area (Å²) < 4.78 is 46.3. The van der Waals surface area contributed by atoms with Crippen molar-refractivity contribution in [3.05, 3.63) is 6.92 Å². The number of piperidine rings is 1. The highest BCUT2D eigenvalue weighted by Crippen LogP contribution is 2.66. The molecule has 9 fully saturated rings. The van der Waals surface area contributed by atoms with E-state index in [0.29, 0.717) is 112 Å². The van der Waals surface area contributed by atoms with Crippen LogP contribution >= 0.6 is 35.3 Å². The number of hydrogen-bond acceptors (Lipinski definition) is 11. The summed E-state index contributed by atoms with van der Waals surface area (Å²) in [4.78, 5) is 25.5. The standard InChI is InChI=1S/C21H28NO.C13H26O.2C13H26S.C12H23NO.C12H24O2S.C12H24O.C12H24S.C11H22O2/c1-8-9-10-11-12-13-18(23)22-16-14-21(15-17-22,19(2,3)4)20(5,6)7;2*1-11(2,3)13(12(4,5)6)7-9-14-10-8-13;1-11(2,3)13(12(4,5)6)8-7-9-14-10-13;1-10(2,3)12(11(4,5)6)7-9(14)13-8-12;1-10(2,3)12(11(4,5)6)7-8-15(13,14)9-12;2*1-10(2,3)12(11(4,5)6)7-8-13-9-12;1-9(2,3)11(10(4,5)6)12-7-8-13-11/h1,14-17H2,2-7H3;3*7-10H2,1-6H3;7-8H2,1-6H3,(H,13,14);7-9H2,1-6H3;2*7-9H2,1-6H3;7-8H2,1-6H3/q-1;;;;;;;;. The Morgan fingerprint density at radius 1 is 0.331 bits per heavy atom. The Morgan fingerprint density at radius 2 is 0.632 bits per heavy atom. The molecule has 0 unspecified atom stereocenters. The number of likely N-dealkylation sites (tertiary alicyclic amines) is 1. The molecule has 782 valence electrons. The number of rotatable bonds is 0. The minimum absolute atomic E-state index is 0.0156. The first-order valence-corrected chi connectivity index (χ1v) is 57.3. The van der Waals surface area contributed by atoms with Crippen molar-refractivity contribution in [2.45, 2.75) is 457 Å². The highest BCUT2D eigenvalue weighted by molar-refractivity contribution is 7.99. The van der Waals surface area contributed by atoms with Gasteiger partial charge in [0.2, 0.25) is 5.91 Å². The lowest BCUT2D eigenvalue weighted by Crippen LogP contribution is -2.54. The fourth-order valence-electron chi connectivity index (χ4n) is 27.9. The smallest absolute Gasteiger partial charge is 0.299 e. The molecule has 1 N–H and O–H groups in total. The topological polar surface area (TPSA) is 120 Å². The zero-order chi connectivity index (χ0) is 105. The second-order valence-corrected chi connectivity index (χ2v) is 66.0. The third kappa shape index (κ3) is 30.7. The van der Waals surface area contributed by atoms with Gasteiger partial charge in [0.1, 0.15) is 0 Å². The Balaban J connectivity index is 0.000000753. The molecule has 9 heterocycles. The highest BCUT2D eigenvalue weighted by atomic mass is 32.2. The molecule has 0 aromatic carbocycles. The number of nitrogens with zero attached hydrogens (tertiary/aromatic N) is 1. The summed E-state index contributed by atoms with van der Waals surface area (Å²) >= 11 is 6.42. The average molecular weight is 1940 g/mol. The first kappa shape index (κ1) is 129. The van der Waals surface area contributed by atoms with Crippen LogP contribution in [0.1, 0.15) is 451 Å². The van der Waals surface area contributed by atoms with Crippen molar-refractivity contribution in [3.8, 4) is 35.5 Å². The summed E-state index contributed by atoms with van der Waals surface area (Å²) in [6, 6.07) is 0. The van der Waals surface area contributed by atoms with Gasteiger partial charge in [-0.15, -0.1) is 5.92 Å². The molecular formula is C119H223N2O8S4-. The van der Waals surface area contributed by atoms with Crippen molar-refractivity contribution >= 4 is 56.9 Å². The molecule has 0 aromatic heterocycles. The summed E-state index contributed by atoms with van der Waals surface area (Å²) in [7, 11) is -2.82. The molecule has 0 atom stereocenters. The molecule has 9 aliphatic rings. The van der Waals surface area contributed by atoms with E-state index in [0.717, 1.165) is 65.3 Å². The molecule has 9 rings (SSSR count). The molecular weight excluding hydrogens is 1710 g/mol. The quantitative estimate of drug-likeness (QED) is 0.184. The van der Waals surface area contributed by atoms with Crippen molar-refractivity contribution in [1.82, 2.24) is 10.2 Å². The van der Waals surface area contributed by atoms with Crippen molar-refractivity contribution in [1.29, 1.82) is 0 Å². The van der Waals surface area contributed by atoms with Crippen LogP contribution in [0.25, 0.3) is 0 Å². The third-order valence-electron chi connectivity index (χ3n) is 36.3. The fraction of sp³-hybridized carbons (Fsp3) is 0.924. The van der Waals surface area contributed by atoms with E-state index in [1.165, 1.54) is 85.9 Å². The number of hydrogen-bond donors (Lipinski definition) is 1. The molecule has 0 aliphatic carbocycles. The van der Waals surface area contributed by atoms with E-state index >= 15 is 0 Å². The predicted octanol–water partition coefficient (Wildman–Crippen LogP) is 32.6. The first-order chi connectivity index (χ1) is 58.8. The Kier molecular flexibility index (Phi) is 44.5. The molecule has 10 nitrogen and oxygen atoms in total. The SMILES string of the molecule is CC(C)(C)C1(C(C)(C)C)CCCSC1.CC(C)(C)C1(C(C)(C)C)CCOC1.CC(C)(C)C1(C(C)(C)C)CCOCC1.CC(C)(C)C1(C(C)(C)C)CCS(=O)(=O)C1.CC(C)(C)C1(C(C)(C)C)CCSC1.CC(C)(C)C1(C(C)(C)C)CCSCC1.CC(C)(C)C1(C(C)(C)C)CNC(=O)C1.CC(C)(C)C1(C(C)(C)C)OCCO1.[CH2-]C#CC#CC#CC(=O)N1CCC(C(C)(C)C)(C(C)(C)C)CC1. The summed E-state index contributed by atoms with van der Waals surface area (Å²) in [5.41, 5.74) is 7.41. The van der Waals surface area contributed by atoms with Crippen LogP contribution < -0.4 is 5.32 Å². The van der Waals surface area contributed by atoms with Gasteiger partial charge in [-0.2, -0.15) is 42.2 Å². The normalized spacial score (nSPS) is 22.5. The third-order valence-corrected chi connectivity index (χ3v) is 41.5. The van der Waals surface area contributed by atoms with Gasteiger partial charge in [0, 0.05) is 73.5 Å². The van der Waals surface area contributed by atoms with Gasteiger partial charge < -0.3 is 29.2 Å². The average Bonchev–Trinajstić information content (AvgIpc) is 1.06. The van der Waals surface area contributed by atoms with Gasteiger partial charge in [-0.1, -0.05) is 374 Å². The lowest BCUT2D eigenvalue weighted by Gasteiger charge is -2.57. The van der Waals surface area contributed by atoms with Crippen LogP contribution in [0.2, 0.25) is 0 Å². The molecule has 0 bridgehead atoms. The summed E-state index contributed by atoms with van der Waals surface area (Å²) in [5, 5.41) is 2.98. The minimum atomic E-state index is -2.82. The van der Waals surface area contributed by atoms with E-state index < -0.39 is 15.6 Å². The van der Waals surface area contributed by atoms with E-state index in [1.807, 2.05) is 4.90 Å². The lowest BCUT2D eigenvalue weighted by molar-refractivity contribution is -0.279. The van der Waals surface area contributed by atoms with Gasteiger partial charge in [0.05, 0.1) is 31.3 Å². The van der Waals surface area contributed by atoms with Crippen molar-refractivity contribution in [2.75, 3.05) is 105 Å². The molecule has 0 saturated carbocycles. The maximum absolute atomic E-state index is 12.2. The van der Waals surface area contributed by atoms with Crippen LogP contribution in [0.4, 0.5) is 0 Å². The van der Waals surface area contributed by atoms with E-state index in [2.05, 4.69) is 457 Å². The van der Waals surface area contributed by atoms with E-state index in [1.54, 1.807) is 0 Å². The monoisotopic (exact) mass is 1940 g/mol. The number of thioether (sulfide) groups is 3. The second kappa shape index (κ2) is 45.7. The summed E-state index contributed by atoms with van der Waals surface area (Å²) in [6.45, 7) is 136. The van der Waals surface area contributed by atoms with Crippen molar-refractivity contribution < 1.29 is 37.0 Å². The number of carbonyl (C=O) groups excluding carboxylic acids is 2. The van der Waals surface area contributed by atoms with Crippen LogP contribution in [0.15, 0.2) is 0 Å². The van der Waals surface area contributed by atoms with Gasteiger partial charge in [0.15, 0.2) is 15.6 Å². The minimum Gasteiger partial charge on any atom is -0.381 e. The Morgan fingerprint density at radius 3 is 0.850 bits per heavy atom.